The van der Waals surface area contributed by atoms with Crippen LogP contribution in [-0.4, -0.2) is 7.05 Å². The number of fused-ring (bicyclic) bond motifs is 1. The van der Waals surface area contributed by atoms with Gasteiger partial charge in [0.05, 0.1) is 0 Å². The van der Waals surface area contributed by atoms with E-state index in [1.54, 1.807) is 12.1 Å². The zero-order chi connectivity index (χ0) is 11.0. The molecular weight excluding hydrogens is 189 g/mol. The molecule has 0 fully saturated rings. The third kappa shape index (κ3) is 1.78. The van der Waals surface area contributed by atoms with Gasteiger partial charge in [0.1, 0.15) is 5.82 Å². The molecule has 0 spiro atoms. The average molecular weight is 207 g/mol. The van der Waals surface area contributed by atoms with E-state index in [2.05, 4.69) is 19.2 Å². The van der Waals surface area contributed by atoms with Gasteiger partial charge < -0.3 is 5.32 Å². The summed E-state index contributed by atoms with van der Waals surface area (Å²) in [6, 6.07) is 5.59. The monoisotopic (exact) mass is 207 g/mol. The molecule has 0 saturated carbocycles. The van der Waals surface area contributed by atoms with E-state index in [0.29, 0.717) is 17.9 Å². The topological polar surface area (TPSA) is 12.0 Å². The van der Waals surface area contributed by atoms with Crippen LogP contribution in [0.3, 0.4) is 0 Å². The van der Waals surface area contributed by atoms with Crippen LogP contribution in [0, 0.1) is 11.7 Å². The molecule has 2 atom stereocenters. The Morgan fingerprint density at radius 1 is 1.33 bits per heavy atom. The summed E-state index contributed by atoms with van der Waals surface area (Å²) in [4.78, 5) is 0. The lowest BCUT2D eigenvalue weighted by molar-refractivity contribution is 0.444. The van der Waals surface area contributed by atoms with E-state index < -0.39 is 0 Å². The Kier molecular flexibility index (Phi) is 2.79. The molecule has 82 valence electrons. The van der Waals surface area contributed by atoms with Gasteiger partial charge in [-0.05, 0) is 48.6 Å². The van der Waals surface area contributed by atoms with E-state index in [0.717, 1.165) is 6.42 Å². The predicted octanol–water partition coefficient (Wildman–Crippen LogP) is 3.23. The molecule has 0 heterocycles. The maximum absolute atomic E-state index is 13.2. The molecule has 0 aliphatic heterocycles. The number of rotatable bonds is 2. The van der Waals surface area contributed by atoms with Crippen molar-refractivity contribution in [3.63, 3.8) is 0 Å². The number of hydrogen-bond donors (Lipinski definition) is 1. The van der Waals surface area contributed by atoms with Gasteiger partial charge in [-0.3, -0.25) is 0 Å². The summed E-state index contributed by atoms with van der Waals surface area (Å²) in [6.07, 6.45) is 1.09. The van der Waals surface area contributed by atoms with E-state index in [9.17, 15) is 4.39 Å². The highest BCUT2D eigenvalue weighted by molar-refractivity contribution is 5.38. The smallest absolute Gasteiger partial charge is 0.123 e. The minimum atomic E-state index is -0.115. The zero-order valence-corrected chi connectivity index (χ0v) is 9.55. The van der Waals surface area contributed by atoms with Gasteiger partial charge in [0.15, 0.2) is 0 Å². The van der Waals surface area contributed by atoms with E-state index >= 15 is 0 Å². The van der Waals surface area contributed by atoms with Crippen LogP contribution in [0.5, 0.6) is 0 Å². The molecule has 1 aliphatic rings. The van der Waals surface area contributed by atoms with E-state index in [4.69, 9.17) is 0 Å². The maximum Gasteiger partial charge on any atom is 0.123 e. The summed E-state index contributed by atoms with van der Waals surface area (Å²) in [5, 5.41) is 3.30. The molecule has 1 aromatic carbocycles. The van der Waals surface area contributed by atoms with Gasteiger partial charge in [0.25, 0.3) is 0 Å². The highest BCUT2D eigenvalue weighted by Crippen LogP contribution is 2.44. The minimum absolute atomic E-state index is 0.115. The molecule has 2 unspecified atom stereocenters. The second-order valence-corrected chi connectivity index (χ2v) is 4.70. The lowest BCUT2D eigenvalue weighted by Crippen LogP contribution is -2.13. The lowest BCUT2D eigenvalue weighted by Gasteiger charge is -2.15. The van der Waals surface area contributed by atoms with Crippen molar-refractivity contribution in [2.45, 2.75) is 32.2 Å². The summed E-state index contributed by atoms with van der Waals surface area (Å²) in [5.41, 5.74) is 2.47. The lowest BCUT2D eigenvalue weighted by atomic mass is 9.90. The highest BCUT2D eigenvalue weighted by Gasteiger charge is 2.31. The van der Waals surface area contributed by atoms with Crippen molar-refractivity contribution >= 4 is 0 Å². The Morgan fingerprint density at radius 3 is 2.67 bits per heavy atom. The van der Waals surface area contributed by atoms with Gasteiger partial charge in [-0.15, -0.1) is 0 Å². The van der Waals surface area contributed by atoms with Crippen molar-refractivity contribution < 1.29 is 4.39 Å². The Hall–Kier alpha value is -0.890. The van der Waals surface area contributed by atoms with Crippen LogP contribution in [0.1, 0.15) is 43.4 Å². The standard InChI is InChI=1S/C13H18FN/c1-8(2)11-7-13(15-3)10-5-4-9(14)6-12(10)11/h4-6,8,11,13,15H,7H2,1-3H3. The molecule has 0 aromatic heterocycles. The third-order valence-corrected chi connectivity index (χ3v) is 3.47. The van der Waals surface area contributed by atoms with Gasteiger partial charge in [0, 0.05) is 6.04 Å². The molecular formula is C13H18FN. The van der Waals surface area contributed by atoms with Gasteiger partial charge in [-0.1, -0.05) is 19.9 Å². The summed E-state index contributed by atoms with van der Waals surface area (Å²) in [6.45, 7) is 4.41. The van der Waals surface area contributed by atoms with Crippen LogP contribution in [0.25, 0.3) is 0 Å². The number of benzene rings is 1. The van der Waals surface area contributed by atoms with Crippen molar-refractivity contribution in [2.75, 3.05) is 7.05 Å². The van der Waals surface area contributed by atoms with Crippen LogP contribution < -0.4 is 5.32 Å². The fraction of sp³-hybridized carbons (Fsp3) is 0.538. The van der Waals surface area contributed by atoms with Crippen molar-refractivity contribution in [2.24, 2.45) is 5.92 Å². The summed E-state index contributed by atoms with van der Waals surface area (Å²) >= 11 is 0. The fourth-order valence-corrected chi connectivity index (χ4v) is 2.60. The van der Waals surface area contributed by atoms with Crippen molar-refractivity contribution in [3.8, 4) is 0 Å². The molecule has 2 rings (SSSR count). The normalized spacial score (nSPS) is 24.6. The first-order chi connectivity index (χ1) is 7.13. The minimum Gasteiger partial charge on any atom is -0.313 e. The quantitative estimate of drug-likeness (QED) is 0.785. The van der Waals surface area contributed by atoms with Crippen LogP contribution in [0.15, 0.2) is 18.2 Å². The molecule has 0 saturated heterocycles. The van der Waals surface area contributed by atoms with Crippen LogP contribution in [0.4, 0.5) is 4.39 Å². The second-order valence-electron chi connectivity index (χ2n) is 4.70. The predicted molar refractivity (Wildman–Crippen MR) is 60.4 cm³/mol. The van der Waals surface area contributed by atoms with Gasteiger partial charge in [-0.2, -0.15) is 0 Å². The first-order valence-corrected chi connectivity index (χ1v) is 5.60. The average Bonchev–Trinajstić information content (AvgIpc) is 2.55. The maximum atomic E-state index is 13.2. The summed E-state index contributed by atoms with van der Waals surface area (Å²) in [5.74, 6) is 0.952. The van der Waals surface area contributed by atoms with Crippen molar-refractivity contribution in [3.05, 3.63) is 35.1 Å². The first kappa shape index (κ1) is 10.6. The van der Waals surface area contributed by atoms with Crippen LogP contribution in [-0.2, 0) is 0 Å². The van der Waals surface area contributed by atoms with Gasteiger partial charge >= 0.3 is 0 Å². The van der Waals surface area contributed by atoms with Crippen LogP contribution in [0.2, 0.25) is 0 Å². The molecule has 1 N–H and O–H groups in total. The summed E-state index contributed by atoms with van der Waals surface area (Å²) in [7, 11) is 1.97. The van der Waals surface area contributed by atoms with Crippen LogP contribution >= 0.6 is 0 Å². The number of halogens is 1. The summed E-state index contributed by atoms with van der Waals surface area (Å²) < 4.78 is 13.2. The molecule has 0 radical (unpaired) electrons. The Bertz CT molecular complexity index is 360. The molecule has 15 heavy (non-hydrogen) atoms. The van der Waals surface area contributed by atoms with Gasteiger partial charge in [-0.25, -0.2) is 4.39 Å². The van der Waals surface area contributed by atoms with E-state index in [-0.39, 0.29) is 5.82 Å². The second kappa shape index (κ2) is 3.93. The van der Waals surface area contributed by atoms with E-state index in [1.165, 1.54) is 11.1 Å². The molecule has 2 heteroatoms. The Labute approximate surface area is 90.7 Å². The van der Waals surface area contributed by atoms with Gasteiger partial charge in [0.2, 0.25) is 0 Å². The molecule has 0 amide bonds. The largest absolute Gasteiger partial charge is 0.313 e. The molecule has 1 aliphatic carbocycles. The molecule has 0 bridgehead atoms. The number of hydrogen-bond acceptors (Lipinski definition) is 1. The SMILES string of the molecule is CNC1CC(C(C)C)c2cc(F)ccc21. The highest BCUT2D eigenvalue weighted by atomic mass is 19.1. The first-order valence-electron chi connectivity index (χ1n) is 5.60. The van der Waals surface area contributed by atoms with Crippen molar-refractivity contribution in [1.82, 2.24) is 5.32 Å². The molecule has 1 aromatic rings. The Morgan fingerprint density at radius 2 is 2.07 bits per heavy atom. The fourth-order valence-electron chi connectivity index (χ4n) is 2.60. The van der Waals surface area contributed by atoms with E-state index in [1.807, 2.05) is 13.1 Å². The molecule has 1 nitrogen and oxygen atoms in total. The number of nitrogens with one attached hydrogen (secondary N) is 1. The third-order valence-electron chi connectivity index (χ3n) is 3.47. The Balaban J connectivity index is 2.43. The zero-order valence-electron chi connectivity index (χ0n) is 9.55. The van der Waals surface area contributed by atoms with Crippen molar-refractivity contribution in [1.29, 1.82) is 0 Å².